The smallest absolute Gasteiger partial charge is 0.230 e. The topological polar surface area (TPSA) is 78.9 Å². The van der Waals surface area contributed by atoms with Gasteiger partial charge < -0.3 is 15.8 Å². The third-order valence-electron chi connectivity index (χ3n) is 3.27. The average Bonchev–Trinajstić information content (AvgIpc) is 2.89. The number of nitrogens with zero attached hydrogens (tertiary/aromatic N) is 2. The van der Waals surface area contributed by atoms with Crippen molar-refractivity contribution in [3.05, 3.63) is 35.9 Å². The Kier molecular flexibility index (Phi) is 3.82. The number of carbonyl (C=O) groups is 1. The standard InChI is InChI=1S/C13H17N3O2/c14-12(15-18)8-13(17)16-7-6-11(9-16)10-4-2-1-3-5-10/h1-5,11,18H,6-9H2,(H2,14,15). The van der Waals surface area contributed by atoms with Crippen molar-refractivity contribution in [2.24, 2.45) is 10.9 Å². The number of amides is 1. The fraction of sp³-hybridized carbons (Fsp3) is 0.385. The van der Waals surface area contributed by atoms with E-state index in [1.165, 1.54) is 5.56 Å². The molecule has 1 aliphatic heterocycles. The minimum atomic E-state index is -0.0799. The van der Waals surface area contributed by atoms with Crippen LogP contribution in [0.5, 0.6) is 0 Å². The Labute approximate surface area is 106 Å². The number of hydrogen-bond acceptors (Lipinski definition) is 3. The van der Waals surface area contributed by atoms with Gasteiger partial charge in [0.2, 0.25) is 5.91 Å². The van der Waals surface area contributed by atoms with Gasteiger partial charge in [-0.2, -0.15) is 0 Å². The molecule has 1 unspecified atom stereocenters. The van der Waals surface area contributed by atoms with Gasteiger partial charge in [-0.15, -0.1) is 0 Å². The second-order valence-corrected chi connectivity index (χ2v) is 4.50. The van der Waals surface area contributed by atoms with Crippen molar-refractivity contribution in [1.29, 1.82) is 0 Å². The van der Waals surface area contributed by atoms with E-state index in [2.05, 4.69) is 17.3 Å². The number of nitrogens with two attached hydrogens (primary N) is 1. The minimum Gasteiger partial charge on any atom is -0.409 e. The minimum absolute atomic E-state index is 0.0159. The van der Waals surface area contributed by atoms with E-state index in [0.29, 0.717) is 12.5 Å². The van der Waals surface area contributed by atoms with Crippen molar-refractivity contribution in [1.82, 2.24) is 4.90 Å². The zero-order valence-corrected chi connectivity index (χ0v) is 10.1. The third-order valence-corrected chi connectivity index (χ3v) is 3.27. The summed E-state index contributed by atoms with van der Waals surface area (Å²) in [4.78, 5) is 13.6. The summed E-state index contributed by atoms with van der Waals surface area (Å²) in [5, 5.41) is 11.3. The SMILES string of the molecule is NC(CC(=O)N1CCC(c2ccccc2)C1)=NO. The first-order valence-electron chi connectivity index (χ1n) is 6.00. The Balaban J connectivity index is 1.94. The fourth-order valence-electron chi connectivity index (χ4n) is 2.29. The molecule has 1 heterocycles. The van der Waals surface area contributed by atoms with Crippen LogP contribution >= 0.6 is 0 Å². The second-order valence-electron chi connectivity index (χ2n) is 4.50. The molecule has 0 saturated carbocycles. The molecule has 1 aromatic carbocycles. The predicted octanol–water partition coefficient (Wildman–Crippen LogP) is 1.14. The van der Waals surface area contributed by atoms with E-state index < -0.39 is 0 Å². The molecule has 0 radical (unpaired) electrons. The highest BCUT2D eigenvalue weighted by atomic mass is 16.4. The normalized spacial score (nSPS) is 20.1. The summed E-state index contributed by atoms with van der Waals surface area (Å²) in [6.45, 7) is 1.44. The number of oxime groups is 1. The quantitative estimate of drug-likeness (QED) is 0.364. The molecule has 1 aliphatic rings. The number of rotatable bonds is 3. The van der Waals surface area contributed by atoms with Crippen LogP contribution < -0.4 is 5.73 Å². The molecule has 2 rings (SSSR count). The number of carbonyl (C=O) groups excluding carboxylic acids is 1. The van der Waals surface area contributed by atoms with Crippen LogP contribution in [0.1, 0.15) is 24.3 Å². The van der Waals surface area contributed by atoms with Crippen molar-refractivity contribution in [3.63, 3.8) is 0 Å². The second kappa shape index (κ2) is 5.53. The summed E-state index contributed by atoms with van der Waals surface area (Å²) >= 11 is 0. The summed E-state index contributed by atoms with van der Waals surface area (Å²) in [5.41, 5.74) is 6.60. The molecular weight excluding hydrogens is 230 g/mol. The molecule has 1 aromatic rings. The molecule has 18 heavy (non-hydrogen) atoms. The van der Waals surface area contributed by atoms with Crippen molar-refractivity contribution in [2.45, 2.75) is 18.8 Å². The zero-order chi connectivity index (χ0) is 13.0. The van der Waals surface area contributed by atoms with Crippen LogP contribution in [0.3, 0.4) is 0 Å². The Hall–Kier alpha value is -2.04. The van der Waals surface area contributed by atoms with Gasteiger partial charge in [0.05, 0.1) is 6.42 Å². The number of hydrogen-bond donors (Lipinski definition) is 2. The first kappa shape index (κ1) is 12.4. The maximum absolute atomic E-state index is 11.8. The van der Waals surface area contributed by atoms with E-state index in [4.69, 9.17) is 10.9 Å². The molecule has 0 bridgehead atoms. The lowest BCUT2D eigenvalue weighted by Crippen LogP contribution is -2.32. The van der Waals surface area contributed by atoms with E-state index in [1.54, 1.807) is 4.90 Å². The first-order chi connectivity index (χ1) is 8.70. The molecule has 1 fully saturated rings. The zero-order valence-electron chi connectivity index (χ0n) is 10.1. The summed E-state index contributed by atoms with van der Waals surface area (Å²) in [7, 11) is 0. The summed E-state index contributed by atoms with van der Waals surface area (Å²) in [5.74, 6) is 0.273. The van der Waals surface area contributed by atoms with E-state index in [1.807, 2.05) is 18.2 Å². The highest BCUT2D eigenvalue weighted by molar-refractivity contribution is 5.98. The van der Waals surface area contributed by atoms with Gasteiger partial charge in [0.25, 0.3) is 0 Å². The van der Waals surface area contributed by atoms with Gasteiger partial charge in [-0.3, -0.25) is 4.79 Å². The number of likely N-dealkylation sites (tertiary alicyclic amines) is 1. The first-order valence-corrected chi connectivity index (χ1v) is 6.00. The Morgan fingerprint density at radius 1 is 1.44 bits per heavy atom. The van der Waals surface area contributed by atoms with Gasteiger partial charge in [0, 0.05) is 19.0 Å². The van der Waals surface area contributed by atoms with Crippen LogP contribution in [0.15, 0.2) is 35.5 Å². The molecule has 5 nitrogen and oxygen atoms in total. The van der Waals surface area contributed by atoms with E-state index in [9.17, 15) is 4.79 Å². The maximum atomic E-state index is 11.8. The average molecular weight is 247 g/mol. The molecule has 0 aliphatic carbocycles. The predicted molar refractivity (Wildman–Crippen MR) is 68.4 cm³/mol. The molecular formula is C13H17N3O2. The highest BCUT2D eigenvalue weighted by Gasteiger charge is 2.27. The highest BCUT2D eigenvalue weighted by Crippen LogP contribution is 2.27. The van der Waals surface area contributed by atoms with Crippen molar-refractivity contribution in [3.8, 4) is 0 Å². The van der Waals surface area contributed by atoms with Crippen molar-refractivity contribution in [2.75, 3.05) is 13.1 Å². The summed E-state index contributed by atoms with van der Waals surface area (Å²) in [6.07, 6.45) is 0.948. The van der Waals surface area contributed by atoms with Crippen LogP contribution in [-0.4, -0.2) is 34.9 Å². The molecule has 5 heteroatoms. The van der Waals surface area contributed by atoms with Gasteiger partial charge in [-0.1, -0.05) is 35.5 Å². The number of benzene rings is 1. The van der Waals surface area contributed by atoms with Crippen molar-refractivity contribution < 1.29 is 10.0 Å². The molecule has 1 amide bonds. The monoisotopic (exact) mass is 247 g/mol. The molecule has 0 spiro atoms. The largest absolute Gasteiger partial charge is 0.409 e. The van der Waals surface area contributed by atoms with Crippen LogP contribution in [0.25, 0.3) is 0 Å². The van der Waals surface area contributed by atoms with Crippen molar-refractivity contribution >= 4 is 11.7 Å². The lowest BCUT2D eigenvalue weighted by molar-refractivity contribution is -0.128. The summed E-state index contributed by atoms with van der Waals surface area (Å²) < 4.78 is 0. The number of amidine groups is 1. The maximum Gasteiger partial charge on any atom is 0.230 e. The fourth-order valence-corrected chi connectivity index (χ4v) is 2.29. The Bertz CT molecular complexity index is 445. The van der Waals surface area contributed by atoms with Gasteiger partial charge in [-0.05, 0) is 12.0 Å². The molecule has 3 N–H and O–H groups in total. The van der Waals surface area contributed by atoms with Crippen LogP contribution in [0.2, 0.25) is 0 Å². The van der Waals surface area contributed by atoms with Gasteiger partial charge >= 0.3 is 0 Å². The summed E-state index contributed by atoms with van der Waals surface area (Å²) in [6, 6.07) is 10.2. The van der Waals surface area contributed by atoms with Gasteiger partial charge in [0.15, 0.2) is 0 Å². The van der Waals surface area contributed by atoms with Gasteiger partial charge in [-0.25, -0.2) is 0 Å². The van der Waals surface area contributed by atoms with Crippen LogP contribution in [0, 0.1) is 0 Å². The molecule has 1 atom stereocenters. The molecule has 1 saturated heterocycles. The molecule has 0 aromatic heterocycles. The van der Waals surface area contributed by atoms with Crippen LogP contribution in [-0.2, 0) is 4.79 Å². The lowest BCUT2D eigenvalue weighted by atomic mass is 9.99. The Morgan fingerprint density at radius 3 is 2.83 bits per heavy atom. The van der Waals surface area contributed by atoms with E-state index >= 15 is 0 Å². The van der Waals surface area contributed by atoms with E-state index in [-0.39, 0.29) is 18.2 Å². The van der Waals surface area contributed by atoms with Crippen LogP contribution in [0.4, 0.5) is 0 Å². The Morgan fingerprint density at radius 2 is 2.17 bits per heavy atom. The van der Waals surface area contributed by atoms with Gasteiger partial charge in [0.1, 0.15) is 5.84 Å². The third kappa shape index (κ3) is 2.80. The molecule has 96 valence electrons. The lowest BCUT2D eigenvalue weighted by Gasteiger charge is -2.16. The van der Waals surface area contributed by atoms with E-state index in [0.717, 1.165) is 13.0 Å².